The summed E-state index contributed by atoms with van der Waals surface area (Å²) in [6, 6.07) is 8.64. The van der Waals surface area contributed by atoms with Gasteiger partial charge in [0.2, 0.25) is 0 Å². The van der Waals surface area contributed by atoms with Gasteiger partial charge in [0, 0.05) is 46.8 Å². The van der Waals surface area contributed by atoms with Crippen LogP contribution < -0.4 is 4.90 Å². The van der Waals surface area contributed by atoms with E-state index < -0.39 is 0 Å². The zero-order chi connectivity index (χ0) is 13.9. The lowest BCUT2D eigenvalue weighted by Crippen LogP contribution is -2.46. The van der Waals surface area contributed by atoms with Crippen molar-refractivity contribution < 1.29 is 5.11 Å². The minimum atomic E-state index is 0.142. The molecular formula is C16H22N2OS. The van der Waals surface area contributed by atoms with E-state index in [-0.39, 0.29) is 6.61 Å². The monoisotopic (exact) mass is 290 g/mol. The van der Waals surface area contributed by atoms with Crippen molar-refractivity contribution in [2.45, 2.75) is 20.0 Å². The Kier molecular flexibility index (Phi) is 4.24. The van der Waals surface area contributed by atoms with Crippen molar-refractivity contribution in [3.63, 3.8) is 0 Å². The van der Waals surface area contributed by atoms with Crippen LogP contribution in [0, 0.1) is 0 Å². The molecule has 3 nitrogen and oxygen atoms in total. The second kappa shape index (κ2) is 6.12. The molecule has 0 bridgehead atoms. The largest absolute Gasteiger partial charge is 0.391 e. The Hall–Kier alpha value is -1.10. The molecule has 2 aromatic rings. The van der Waals surface area contributed by atoms with Crippen LogP contribution in [0.5, 0.6) is 0 Å². The molecule has 0 saturated carbocycles. The Labute approximate surface area is 124 Å². The summed E-state index contributed by atoms with van der Waals surface area (Å²) >= 11 is 1.70. The molecule has 1 aliphatic heterocycles. The maximum Gasteiger partial charge on any atom is 0.0774 e. The van der Waals surface area contributed by atoms with E-state index >= 15 is 0 Å². The van der Waals surface area contributed by atoms with E-state index in [1.54, 1.807) is 11.3 Å². The summed E-state index contributed by atoms with van der Waals surface area (Å²) < 4.78 is 1.28. The molecule has 3 rings (SSSR count). The third-order valence-electron chi connectivity index (χ3n) is 4.00. The highest BCUT2D eigenvalue weighted by atomic mass is 32.1. The minimum Gasteiger partial charge on any atom is -0.391 e. The van der Waals surface area contributed by atoms with E-state index in [0.29, 0.717) is 0 Å². The first kappa shape index (κ1) is 13.9. The molecule has 0 aliphatic carbocycles. The first-order valence-electron chi connectivity index (χ1n) is 7.41. The number of aliphatic hydroxyl groups excluding tert-OH is 1. The van der Waals surface area contributed by atoms with Gasteiger partial charge < -0.3 is 10.0 Å². The Morgan fingerprint density at radius 1 is 1.20 bits per heavy atom. The van der Waals surface area contributed by atoms with Crippen molar-refractivity contribution in [2.75, 3.05) is 37.6 Å². The Morgan fingerprint density at radius 3 is 2.70 bits per heavy atom. The van der Waals surface area contributed by atoms with Gasteiger partial charge in [-0.15, -0.1) is 11.3 Å². The molecule has 1 fully saturated rings. The van der Waals surface area contributed by atoms with Gasteiger partial charge in [0.15, 0.2) is 0 Å². The van der Waals surface area contributed by atoms with E-state index in [9.17, 15) is 5.11 Å². The summed E-state index contributed by atoms with van der Waals surface area (Å²) in [5, 5.41) is 10.6. The van der Waals surface area contributed by atoms with Gasteiger partial charge in [0.05, 0.1) is 6.61 Å². The molecule has 2 heterocycles. The Balaban J connectivity index is 1.82. The van der Waals surface area contributed by atoms with Crippen LogP contribution in [-0.4, -0.2) is 42.7 Å². The highest BCUT2D eigenvalue weighted by molar-refractivity contribution is 7.19. The summed E-state index contributed by atoms with van der Waals surface area (Å²) in [6.45, 7) is 8.11. The van der Waals surface area contributed by atoms with Gasteiger partial charge in [0.1, 0.15) is 0 Å². The van der Waals surface area contributed by atoms with E-state index in [4.69, 9.17) is 0 Å². The van der Waals surface area contributed by atoms with E-state index in [1.807, 2.05) is 0 Å². The number of benzene rings is 1. The molecule has 4 heteroatoms. The molecule has 0 amide bonds. The van der Waals surface area contributed by atoms with Crippen LogP contribution in [0.1, 0.15) is 18.2 Å². The highest BCUT2D eigenvalue weighted by Gasteiger charge is 2.18. The lowest BCUT2D eigenvalue weighted by molar-refractivity contribution is 0.258. The molecule has 20 heavy (non-hydrogen) atoms. The van der Waals surface area contributed by atoms with E-state index in [2.05, 4.69) is 41.0 Å². The standard InChI is InChI=1S/C16H22N2OS/c1-2-6-17-7-9-18(10-8-17)15-4-3-5-16-14(15)11-13(12-19)20-16/h3-5,11,19H,2,6-10,12H2,1H3. The van der Waals surface area contributed by atoms with Crippen molar-refractivity contribution >= 4 is 27.1 Å². The minimum absolute atomic E-state index is 0.142. The number of piperazine rings is 1. The van der Waals surface area contributed by atoms with Gasteiger partial charge in [-0.05, 0) is 31.2 Å². The van der Waals surface area contributed by atoms with Crippen LogP contribution in [0.25, 0.3) is 10.1 Å². The third kappa shape index (κ3) is 2.68. The van der Waals surface area contributed by atoms with Gasteiger partial charge >= 0.3 is 0 Å². The van der Waals surface area contributed by atoms with Crippen molar-refractivity contribution in [1.29, 1.82) is 0 Å². The van der Waals surface area contributed by atoms with Gasteiger partial charge in [-0.1, -0.05) is 13.0 Å². The van der Waals surface area contributed by atoms with Crippen molar-refractivity contribution in [3.05, 3.63) is 29.1 Å². The van der Waals surface area contributed by atoms with Crippen LogP contribution in [0.4, 0.5) is 5.69 Å². The summed E-state index contributed by atoms with van der Waals surface area (Å²) in [5.74, 6) is 0. The average Bonchev–Trinajstić information content (AvgIpc) is 2.91. The first-order chi connectivity index (χ1) is 9.81. The highest BCUT2D eigenvalue weighted by Crippen LogP contribution is 2.33. The van der Waals surface area contributed by atoms with Crippen molar-refractivity contribution in [1.82, 2.24) is 4.90 Å². The van der Waals surface area contributed by atoms with Crippen LogP contribution in [-0.2, 0) is 6.61 Å². The molecule has 1 aromatic heterocycles. The fraction of sp³-hybridized carbons (Fsp3) is 0.500. The Bertz CT molecular complexity index is 573. The number of nitrogens with zero attached hydrogens (tertiary/aromatic N) is 2. The number of hydrogen-bond acceptors (Lipinski definition) is 4. The third-order valence-corrected chi connectivity index (χ3v) is 5.08. The molecule has 1 aliphatic rings. The van der Waals surface area contributed by atoms with Crippen LogP contribution in [0.3, 0.4) is 0 Å². The molecule has 108 valence electrons. The summed E-state index contributed by atoms with van der Waals surface area (Å²) in [4.78, 5) is 6.09. The number of aliphatic hydroxyl groups is 1. The van der Waals surface area contributed by atoms with E-state index in [1.165, 1.54) is 28.7 Å². The normalized spacial score (nSPS) is 17.0. The lowest BCUT2D eigenvalue weighted by atomic mass is 10.1. The molecule has 1 aromatic carbocycles. The SMILES string of the molecule is CCCN1CCN(c2cccc3sc(CO)cc23)CC1. The second-order valence-electron chi connectivity index (χ2n) is 5.39. The van der Waals surface area contributed by atoms with Gasteiger partial charge in [0.25, 0.3) is 0 Å². The number of thiophene rings is 1. The molecule has 1 N–H and O–H groups in total. The quantitative estimate of drug-likeness (QED) is 0.938. The van der Waals surface area contributed by atoms with Gasteiger partial charge in [-0.3, -0.25) is 4.90 Å². The Morgan fingerprint density at radius 2 is 2.00 bits per heavy atom. The summed E-state index contributed by atoms with van der Waals surface area (Å²) in [7, 11) is 0. The lowest BCUT2D eigenvalue weighted by Gasteiger charge is -2.36. The topological polar surface area (TPSA) is 26.7 Å². The number of anilines is 1. The van der Waals surface area contributed by atoms with Crippen LogP contribution in [0.2, 0.25) is 0 Å². The average molecular weight is 290 g/mol. The van der Waals surface area contributed by atoms with Crippen molar-refractivity contribution in [2.24, 2.45) is 0 Å². The molecule has 0 unspecified atom stereocenters. The fourth-order valence-electron chi connectivity index (χ4n) is 2.98. The van der Waals surface area contributed by atoms with Gasteiger partial charge in [-0.25, -0.2) is 0 Å². The summed E-state index contributed by atoms with van der Waals surface area (Å²) in [6.07, 6.45) is 1.24. The number of fused-ring (bicyclic) bond motifs is 1. The van der Waals surface area contributed by atoms with Crippen LogP contribution >= 0.6 is 11.3 Å². The summed E-state index contributed by atoms with van der Waals surface area (Å²) in [5.41, 5.74) is 1.33. The second-order valence-corrected chi connectivity index (χ2v) is 6.56. The maximum atomic E-state index is 9.32. The molecule has 1 saturated heterocycles. The number of rotatable bonds is 4. The first-order valence-corrected chi connectivity index (χ1v) is 8.23. The van der Waals surface area contributed by atoms with E-state index in [0.717, 1.165) is 31.1 Å². The molecule has 0 atom stereocenters. The zero-order valence-electron chi connectivity index (χ0n) is 12.0. The molecular weight excluding hydrogens is 268 g/mol. The maximum absolute atomic E-state index is 9.32. The number of hydrogen-bond donors (Lipinski definition) is 1. The fourth-order valence-corrected chi connectivity index (χ4v) is 3.92. The smallest absolute Gasteiger partial charge is 0.0774 e. The predicted octanol–water partition coefficient (Wildman–Crippen LogP) is 2.93. The molecule has 0 spiro atoms. The van der Waals surface area contributed by atoms with Crippen LogP contribution in [0.15, 0.2) is 24.3 Å². The van der Waals surface area contributed by atoms with Crippen molar-refractivity contribution in [3.8, 4) is 0 Å². The predicted molar refractivity (Wildman–Crippen MR) is 86.7 cm³/mol. The zero-order valence-corrected chi connectivity index (χ0v) is 12.8. The van der Waals surface area contributed by atoms with Gasteiger partial charge in [-0.2, -0.15) is 0 Å². The molecule has 0 radical (unpaired) electrons.